The molecular weight excluding hydrogens is 443 g/mol. The lowest BCUT2D eigenvalue weighted by Crippen LogP contribution is -2.06. The van der Waals surface area contributed by atoms with Gasteiger partial charge in [0.15, 0.2) is 0 Å². The van der Waals surface area contributed by atoms with Crippen LogP contribution in [-0.2, 0) is 14.3 Å². The number of carbonyl (C=O) groups excluding carboxylic acids is 1. The van der Waals surface area contributed by atoms with Crippen molar-refractivity contribution in [1.29, 1.82) is 0 Å². The van der Waals surface area contributed by atoms with Gasteiger partial charge in [-0.15, -0.1) is 11.8 Å². The predicted octanol–water partition coefficient (Wildman–Crippen LogP) is 7.50. The van der Waals surface area contributed by atoms with E-state index in [1.807, 2.05) is 32.3 Å². The van der Waals surface area contributed by atoms with E-state index >= 15 is 0 Å². The summed E-state index contributed by atoms with van der Waals surface area (Å²) in [5, 5.41) is 0. The van der Waals surface area contributed by atoms with E-state index in [1.165, 1.54) is 12.2 Å². The number of hydrogen-bond acceptors (Lipinski definition) is 4. The van der Waals surface area contributed by atoms with Gasteiger partial charge in [0.2, 0.25) is 0 Å². The van der Waals surface area contributed by atoms with Crippen LogP contribution in [0.5, 0.6) is 0 Å². The quantitative estimate of drug-likeness (QED) is 0.167. The van der Waals surface area contributed by atoms with Gasteiger partial charge in [-0.2, -0.15) is 0 Å². The fourth-order valence-corrected chi connectivity index (χ4v) is 3.00. The van der Waals surface area contributed by atoms with Gasteiger partial charge < -0.3 is 9.47 Å². The molecule has 0 radical (unpaired) electrons. The normalized spacial score (nSPS) is 14.2. The molecule has 0 saturated heterocycles. The maximum atomic E-state index is 13.5. The number of thioether (sulfide) groups is 1. The molecule has 0 aliphatic carbocycles. The fourth-order valence-electron chi connectivity index (χ4n) is 2.03. The van der Waals surface area contributed by atoms with Crippen LogP contribution in [0.2, 0.25) is 0 Å². The van der Waals surface area contributed by atoms with Crippen molar-refractivity contribution in [3.63, 3.8) is 0 Å². The molecule has 0 heterocycles. The zero-order valence-corrected chi connectivity index (χ0v) is 19.7. The maximum Gasteiger partial charge on any atom is 0.310 e. The first-order valence-corrected chi connectivity index (χ1v) is 11.0. The summed E-state index contributed by atoms with van der Waals surface area (Å²) in [5.74, 6) is 0.452. The van der Waals surface area contributed by atoms with Gasteiger partial charge in [0, 0.05) is 28.6 Å². The van der Waals surface area contributed by atoms with Gasteiger partial charge in [-0.1, -0.05) is 47.7 Å². The van der Waals surface area contributed by atoms with Gasteiger partial charge in [0.25, 0.3) is 0 Å². The zero-order chi connectivity index (χ0) is 21.5. The summed E-state index contributed by atoms with van der Waals surface area (Å²) >= 11 is 5.03. The van der Waals surface area contributed by atoms with E-state index in [-0.39, 0.29) is 11.8 Å². The third-order valence-electron chi connectivity index (χ3n) is 3.49. The van der Waals surface area contributed by atoms with Gasteiger partial charge in [0.05, 0.1) is 0 Å². The van der Waals surface area contributed by atoms with Crippen LogP contribution in [0.4, 0.5) is 4.39 Å². The molecule has 0 unspecified atom stereocenters. The average Bonchev–Trinajstić information content (AvgIpc) is 2.67. The van der Waals surface area contributed by atoms with Gasteiger partial charge >= 0.3 is 5.97 Å². The maximum absolute atomic E-state index is 13.5. The van der Waals surface area contributed by atoms with Gasteiger partial charge in [0.1, 0.15) is 24.0 Å². The molecule has 0 aromatic heterocycles. The Morgan fingerprint density at radius 2 is 1.89 bits per heavy atom. The smallest absolute Gasteiger partial charge is 0.310 e. The standard InChI is InChI=1S/C22H30BrFO3S/c1-7-10-19(24)12-13-20(23)17(5)26-15-18(21(28-6)11-8-2)14-16(4)27-22(25)9-3/h7-8,10-12H,4,9,13-15H2,1-3,5-6H3/b10-7-,11-8-,19-12+,20-17-,21-18-. The van der Waals surface area contributed by atoms with Crippen LogP contribution >= 0.6 is 27.7 Å². The van der Waals surface area contributed by atoms with E-state index in [2.05, 4.69) is 22.5 Å². The van der Waals surface area contributed by atoms with Crippen molar-refractivity contribution >= 4 is 33.7 Å². The number of esters is 1. The first-order valence-electron chi connectivity index (χ1n) is 9.02. The molecule has 0 saturated carbocycles. The summed E-state index contributed by atoms with van der Waals surface area (Å²) in [4.78, 5) is 12.5. The molecule has 0 atom stereocenters. The van der Waals surface area contributed by atoms with E-state index in [9.17, 15) is 9.18 Å². The molecule has 0 aliphatic rings. The molecule has 0 spiro atoms. The predicted molar refractivity (Wildman–Crippen MR) is 122 cm³/mol. The second kappa shape index (κ2) is 15.4. The molecule has 6 heteroatoms. The average molecular weight is 473 g/mol. The minimum Gasteiger partial charge on any atom is -0.493 e. The minimum absolute atomic E-state index is 0.292. The number of halogens is 2. The Morgan fingerprint density at radius 3 is 2.43 bits per heavy atom. The second-order valence-electron chi connectivity index (χ2n) is 5.76. The molecule has 28 heavy (non-hydrogen) atoms. The van der Waals surface area contributed by atoms with Gasteiger partial charge in [-0.3, -0.25) is 4.79 Å². The lowest BCUT2D eigenvalue weighted by molar-refractivity contribution is -0.139. The SMILES string of the molecule is C=C(C/C(CO/C(C)=C(\Br)C/C=C(F)\C=C/C)=C(\C=C/C)SC)OC(=O)CC. The summed E-state index contributed by atoms with van der Waals surface area (Å²) in [6.07, 6.45) is 11.5. The summed E-state index contributed by atoms with van der Waals surface area (Å²) < 4.78 is 25.3. The van der Waals surface area contributed by atoms with E-state index < -0.39 is 0 Å². The fraction of sp³-hybridized carbons (Fsp3) is 0.409. The molecule has 3 nitrogen and oxygen atoms in total. The first-order chi connectivity index (χ1) is 13.3. The van der Waals surface area contributed by atoms with E-state index in [1.54, 1.807) is 31.7 Å². The Labute approximate surface area is 181 Å². The van der Waals surface area contributed by atoms with Crippen molar-refractivity contribution < 1.29 is 18.7 Å². The van der Waals surface area contributed by atoms with Crippen LogP contribution in [0.1, 0.15) is 47.0 Å². The lowest BCUT2D eigenvalue weighted by Gasteiger charge is -2.15. The van der Waals surface area contributed by atoms with Gasteiger partial charge in [-0.05, 0) is 44.8 Å². The molecule has 0 amide bonds. The molecule has 156 valence electrons. The van der Waals surface area contributed by atoms with E-state index in [4.69, 9.17) is 9.47 Å². The van der Waals surface area contributed by atoms with Crippen molar-refractivity contribution in [1.82, 2.24) is 0 Å². The molecule has 0 N–H and O–H groups in total. The molecule has 0 fully saturated rings. The highest BCUT2D eigenvalue weighted by atomic mass is 79.9. The Morgan fingerprint density at radius 1 is 1.25 bits per heavy atom. The number of rotatable bonds is 12. The Kier molecular flexibility index (Phi) is 14.6. The summed E-state index contributed by atoms with van der Waals surface area (Å²) in [6, 6.07) is 0. The van der Waals surface area contributed by atoms with Crippen LogP contribution in [0, 0.1) is 0 Å². The summed E-state index contributed by atoms with van der Waals surface area (Å²) in [7, 11) is 0. The van der Waals surface area contributed by atoms with Crippen molar-refractivity contribution in [2.75, 3.05) is 12.9 Å². The van der Waals surface area contributed by atoms with Crippen molar-refractivity contribution in [3.05, 3.63) is 69.3 Å². The minimum atomic E-state index is -0.309. The van der Waals surface area contributed by atoms with E-state index in [0.29, 0.717) is 37.4 Å². The number of ether oxygens (including phenoxy) is 2. The summed E-state index contributed by atoms with van der Waals surface area (Å²) in [5.41, 5.74) is 0.954. The molecule has 0 rings (SSSR count). The Balaban J connectivity index is 5.29. The third-order valence-corrected chi connectivity index (χ3v) is 5.24. The topological polar surface area (TPSA) is 35.5 Å². The molecular formula is C22H30BrFO3S. The van der Waals surface area contributed by atoms with Crippen molar-refractivity contribution in [2.24, 2.45) is 0 Å². The highest BCUT2D eigenvalue weighted by Crippen LogP contribution is 2.26. The third kappa shape index (κ3) is 11.3. The van der Waals surface area contributed by atoms with Crippen LogP contribution in [0.3, 0.4) is 0 Å². The number of allylic oxidation sites excluding steroid dienone is 9. The second-order valence-corrected chi connectivity index (χ2v) is 7.56. The first kappa shape index (κ1) is 26.5. The molecule has 0 aromatic rings. The molecule has 0 bridgehead atoms. The van der Waals surface area contributed by atoms with Crippen LogP contribution < -0.4 is 0 Å². The van der Waals surface area contributed by atoms with Crippen molar-refractivity contribution in [3.8, 4) is 0 Å². The van der Waals surface area contributed by atoms with Crippen LogP contribution in [0.25, 0.3) is 0 Å². The Bertz CT molecular complexity index is 688. The molecule has 0 aromatic carbocycles. The monoisotopic (exact) mass is 472 g/mol. The van der Waals surface area contributed by atoms with E-state index in [0.717, 1.165) is 15.0 Å². The highest BCUT2D eigenvalue weighted by molar-refractivity contribution is 9.11. The zero-order valence-electron chi connectivity index (χ0n) is 17.3. The number of hydrogen-bond donors (Lipinski definition) is 0. The van der Waals surface area contributed by atoms with Crippen LogP contribution in [0.15, 0.2) is 69.3 Å². The number of carbonyl (C=O) groups is 1. The highest BCUT2D eigenvalue weighted by Gasteiger charge is 2.12. The van der Waals surface area contributed by atoms with Gasteiger partial charge in [-0.25, -0.2) is 4.39 Å². The lowest BCUT2D eigenvalue weighted by atomic mass is 10.1. The van der Waals surface area contributed by atoms with Crippen LogP contribution in [-0.4, -0.2) is 18.8 Å². The van der Waals surface area contributed by atoms with Crippen molar-refractivity contribution in [2.45, 2.75) is 47.0 Å². The largest absolute Gasteiger partial charge is 0.493 e. The summed E-state index contributed by atoms with van der Waals surface area (Å²) in [6.45, 7) is 11.4. The molecule has 0 aliphatic heterocycles. The Hall–Kier alpha value is -1.53.